The summed E-state index contributed by atoms with van der Waals surface area (Å²) in [7, 11) is 3.22. The lowest BCUT2D eigenvalue weighted by molar-refractivity contribution is 0.404. The van der Waals surface area contributed by atoms with Crippen LogP contribution in [0, 0.1) is 0 Å². The van der Waals surface area contributed by atoms with Gasteiger partial charge in [0.2, 0.25) is 0 Å². The molecule has 0 saturated heterocycles. The molecule has 0 aliphatic rings. The van der Waals surface area contributed by atoms with E-state index in [4.69, 9.17) is 13.9 Å². The van der Waals surface area contributed by atoms with Crippen LogP contribution in [0.4, 0.5) is 5.69 Å². The highest BCUT2D eigenvalue weighted by atomic mass is 16.5. The molecule has 0 N–H and O–H groups in total. The Morgan fingerprint density at radius 1 is 1.18 bits per heavy atom. The molecule has 0 radical (unpaired) electrons. The van der Waals surface area contributed by atoms with Crippen LogP contribution >= 0.6 is 0 Å². The molecule has 0 saturated carbocycles. The summed E-state index contributed by atoms with van der Waals surface area (Å²) in [5, 5.41) is 0. The molecule has 0 aliphatic carbocycles. The summed E-state index contributed by atoms with van der Waals surface area (Å²) in [5.41, 5.74) is 0.697. The fourth-order valence-corrected chi connectivity index (χ4v) is 1.40. The van der Waals surface area contributed by atoms with Crippen LogP contribution in [0.1, 0.15) is 5.76 Å². The first kappa shape index (κ1) is 11.3. The first-order valence-electron chi connectivity index (χ1n) is 5.13. The second-order valence-corrected chi connectivity index (χ2v) is 3.31. The van der Waals surface area contributed by atoms with Crippen molar-refractivity contribution >= 4 is 11.9 Å². The van der Waals surface area contributed by atoms with Gasteiger partial charge in [0, 0.05) is 6.07 Å². The smallest absolute Gasteiger partial charge is 0.144 e. The van der Waals surface area contributed by atoms with E-state index in [9.17, 15) is 0 Å². The molecule has 4 heteroatoms. The zero-order valence-corrected chi connectivity index (χ0v) is 9.71. The Morgan fingerprint density at radius 2 is 2.06 bits per heavy atom. The van der Waals surface area contributed by atoms with Crippen LogP contribution in [0.3, 0.4) is 0 Å². The molecule has 0 atom stereocenters. The van der Waals surface area contributed by atoms with Crippen molar-refractivity contribution in [2.24, 2.45) is 4.99 Å². The average Bonchev–Trinajstić information content (AvgIpc) is 2.89. The summed E-state index contributed by atoms with van der Waals surface area (Å²) < 4.78 is 15.5. The number of methoxy groups -OCH3 is 2. The van der Waals surface area contributed by atoms with Crippen molar-refractivity contribution in [1.82, 2.24) is 0 Å². The number of nitrogens with zero attached hydrogens (tertiary/aromatic N) is 1. The highest BCUT2D eigenvalue weighted by Gasteiger charge is 2.03. The largest absolute Gasteiger partial charge is 0.497 e. The second-order valence-electron chi connectivity index (χ2n) is 3.31. The molecular formula is C13H13NO3. The lowest BCUT2D eigenvalue weighted by Gasteiger charge is -2.06. The molecule has 0 bridgehead atoms. The van der Waals surface area contributed by atoms with Gasteiger partial charge in [-0.2, -0.15) is 0 Å². The Morgan fingerprint density at radius 3 is 2.71 bits per heavy atom. The summed E-state index contributed by atoms with van der Waals surface area (Å²) in [6, 6.07) is 9.08. The number of aliphatic imine (C=N–C) groups is 1. The van der Waals surface area contributed by atoms with Crippen LogP contribution in [-0.2, 0) is 0 Å². The van der Waals surface area contributed by atoms with Gasteiger partial charge in [0.25, 0.3) is 0 Å². The van der Waals surface area contributed by atoms with Gasteiger partial charge in [-0.05, 0) is 24.3 Å². The third kappa shape index (κ3) is 2.66. The second kappa shape index (κ2) is 5.21. The van der Waals surface area contributed by atoms with Crippen LogP contribution in [0.2, 0.25) is 0 Å². The predicted octanol–water partition coefficient (Wildman–Crippen LogP) is 3.05. The first-order chi connectivity index (χ1) is 8.33. The summed E-state index contributed by atoms with van der Waals surface area (Å²) in [6.07, 6.45) is 3.24. The van der Waals surface area contributed by atoms with E-state index in [1.807, 2.05) is 24.3 Å². The van der Waals surface area contributed by atoms with Gasteiger partial charge in [0.15, 0.2) is 0 Å². The molecule has 0 aliphatic heterocycles. The van der Waals surface area contributed by atoms with Crippen LogP contribution in [0.5, 0.6) is 11.5 Å². The van der Waals surface area contributed by atoms with E-state index < -0.39 is 0 Å². The maximum absolute atomic E-state index is 5.21. The van der Waals surface area contributed by atoms with Crippen LogP contribution < -0.4 is 9.47 Å². The summed E-state index contributed by atoms with van der Waals surface area (Å²) in [6.45, 7) is 0. The number of hydrogen-bond donors (Lipinski definition) is 0. The van der Waals surface area contributed by atoms with Crippen molar-refractivity contribution in [3.63, 3.8) is 0 Å². The third-order valence-corrected chi connectivity index (χ3v) is 2.26. The SMILES string of the molecule is COc1ccc(OC)c(N=Cc2ccco2)c1. The van der Waals surface area contributed by atoms with Gasteiger partial charge < -0.3 is 13.9 Å². The highest BCUT2D eigenvalue weighted by Crippen LogP contribution is 2.31. The molecule has 88 valence electrons. The molecule has 4 nitrogen and oxygen atoms in total. The van der Waals surface area contributed by atoms with Gasteiger partial charge in [-0.15, -0.1) is 0 Å². The standard InChI is InChI=1S/C13H13NO3/c1-15-10-5-6-13(16-2)12(8-10)14-9-11-4-3-7-17-11/h3-9H,1-2H3. The van der Waals surface area contributed by atoms with E-state index in [0.29, 0.717) is 17.2 Å². The number of rotatable bonds is 4. The normalized spacial score (nSPS) is 10.7. The fourth-order valence-electron chi connectivity index (χ4n) is 1.40. The number of hydrogen-bond acceptors (Lipinski definition) is 4. The minimum Gasteiger partial charge on any atom is -0.497 e. The van der Waals surface area contributed by atoms with Crippen molar-refractivity contribution < 1.29 is 13.9 Å². The summed E-state index contributed by atoms with van der Waals surface area (Å²) in [4.78, 5) is 4.30. The van der Waals surface area contributed by atoms with Crippen LogP contribution in [-0.4, -0.2) is 20.4 Å². The van der Waals surface area contributed by atoms with Crippen molar-refractivity contribution in [1.29, 1.82) is 0 Å². The van der Waals surface area contributed by atoms with Crippen molar-refractivity contribution in [3.8, 4) is 11.5 Å². The molecular weight excluding hydrogens is 218 g/mol. The lowest BCUT2D eigenvalue weighted by Crippen LogP contribution is -1.87. The molecule has 0 amide bonds. The highest BCUT2D eigenvalue weighted by molar-refractivity contribution is 5.79. The van der Waals surface area contributed by atoms with Gasteiger partial charge in [-0.1, -0.05) is 0 Å². The first-order valence-corrected chi connectivity index (χ1v) is 5.13. The Bertz CT molecular complexity index is 503. The van der Waals surface area contributed by atoms with Gasteiger partial charge in [0.05, 0.1) is 26.7 Å². The van der Waals surface area contributed by atoms with Gasteiger partial charge in [-0.25, -0.2) is 4.99 Å². The maximum atomic E-state index is 5.21. The number of benzene rings is 1. The molecule has 1 heterocycles. The van der Waals surface area contributed by atoms with E-state index in [2.05, 4.69) is 4.99 Å². The number of ether oxygens (including phenoxy) is 2. The van der Waals surface area contributed by atoms with Crippen LogP contribution in [0.15, 0.2) is 46.0 Å². The Kier molecular flexibility index (Phi) is 3.45. The molecule has 2 aromatic rings. The lowest BCUT2D eigenvalue weighted by atomic mass is 10.3. The fraction of sp³-hybridized carbons (Fsp3) is 0.154. The molecule has 1 aromatic heterocycles. The van der Waals surface area contributed by atoms with E-state index in [1.165, 1.54) is 0 Å². The van der Waals surface area contributed by atoms with Gasteiger partial charge >= 0.3 is 0 Å². The third-order valence-electron chi connectivity index (χ3n) is 2.26. The topological polar surface area (TPSA) is 44.0 Å². The molecule has 0 spiro atoms. The molecule has 2 rings (SSSR count). The van der Waals surface area contributed by atoms with E-state index in [0.717, 1.165) is 5.75 Å². The quantitative estimate of drug-likeness (QED) is 0.759. The van der Waals surface area contributed by atoms with Crippen LogP contribution in [0.25, 0.3) is 0 Å². The van der Waals surface area contributed by atoms with E-state index >= 15 is 0 Å². The van der Waals surface area contributed by atoms with Crippen molar-refractivity contribution in [3.05, 3.63) is 42.4 Å². The van der Waals surface area contributed by atoms with E-state index in [1.54, 1.807) is 32.8 Å². The predicted molar refractivity (Wildman–Crippen MR) is 65.5 cm³/mol. The zero-order chi connectivity index (χ0) is 12.1. The summed E-state index contributed by atoms with van der Waals surface area (Å²) in [5.74, 6) is 2.11. The maximum Gasteiger partial charge on any atom is 0.144 e. The van der Waals surface area contributed by atoms with Crippen molar-refractivity contribution in [2.75, 3.05) is 14.2 Å². The minimum atomic E-state index is 0.689. The Hall–Kier alpha value is -2.23. The van der Waals surface area contributed by atoms with Crippen molar-refractivity contribution in [2.45, 2.75) is 0 Å². The zero-order valence-electron chi connectivity index (χ0n) is 9.71. The number of furan rings is 1. The van der Waals surface area contributed by atoms with Gasteiger partial charge in [0.1, 0.15) is 22.9 Å². The monoisotopic (exact) mass is 231 g/mol. The molecule has 0 fully saturated rings. The molecule has 17 heavy (non-hydrogen) atoms. The Labute approximate surface area is 99.5 Å². The minimum absolute atomic E-state index is 0.689. The summed E-state index contributed by atoms with van der Waals surface area (Å²) >= 11 is 0. The van der Waals surface area contributed by atoms with E-state index in [-0.39, 0.29) is 0 Å². The molecule has 1 aromatic carbocycles. The Balaban J connectivity index is 2.29. The average molecular weight is 231 g/mol. The van der Waals surface area contributed by atoms with Gasteiger partial charge in [-0.3, -0.25) is 0 Å². The molecule has 0 unspecified atom stereocenters.